The largest absolute Gasteiger partial charge is 0.478 e. The van der Waals surface area contributed by atoms with Crippen molar-refractivity contribution >= 4 is 27.6 Å². The van der Waals surface area contributed by atoms with Crippen molar-refractivity contribution in [2.45, 2.75) is 33.1 Å². The zero-order chi connectivity index (χ0) is 15.6. The van der Waals surface area contributed by atoms with Gasteiger partial charge in [0.1, 0.15) is 0 Å². The molecule has 0 bridgehead atoms. The predicted molar refractivity (Wildman–Crippen MR) is 85.5 cm³/mol. The summed E-state index contributed by atoms with van der Waals surface area (Å²) < 4.78 is 14.5. The first-order chi connectivity index (χ1) is 9.91. The minimum Gasteiger partial charge on any atom is -0.478 e. The lowest BCUT2D eigenvalue weighted by atomic mass is 9.89. The molecule has 5 heteroatoms. The van der Waals surface area contributed by atoms with Crippen LogP contribution < -0.4 is 4.90 Å². The van der Waals surface area contributed by atoms with Gasteiger partial charge in [-0.2, -0.15) is 0 Å². The second-order valence-electron chi connectivity index (χ2n) is 5.99. The Morgan fingerprint density at radius 3 is 2.71 bits per heavy atom. The molecule has 1 unspecified atom stereocenters. The van der Waals surface area contributed by atoms with Crippen molar-refractivity contribution in [3.63, 3.8) is 0 Å². The number of halogens is 2. The van der Waals surface area contributed by atoms with E-state index in [9.17, 15) is 9.18 Å². The maximum Gasteiger partial charge on any atom is 0.336 e. The van der Waals surface area contributed by atoms with Gasteiger partial charge in [0, 0.05) is 13.1 Å². The fourth-order valence-electron chi connectivity index (χ4n) is 2.98. The summed E-state index contributed by atoms with van der Waals surface area (Å²) in [6, 6.07) is 3.05. The van der Waals surface area contributed by atoms with Gasteiger partial charge in [-0.1, -0.05) is 13.8 Å². The highest BCUT2D eigenvalue weighted by molar-refractivity contribution is 9.10. The van der Waals surface area contributed by atoms with Crippen LogP contribution in [0.5, 0.6) is 0 Å². The first-order valence-electron chi connectivity index (χ1n) is 7.38. The Morgan fingerprint density at radius 1 is 1.38 bits per heavy atom. The number of anilines is 1. The summed E-state index contributed by atoms with van der Waals surface area (Å²) in [5.41, 5.74) is 0.461. The van der Waals surface area contributed by atoms with Crippen molar-refractivity contribution in [1.82, 2.24) is 0 Å². The summed E-state index contributed by atoms with van der Waals surface area (Å²) in [5.74, 6) is -0.267. The summed E-state index contributed by atoms with van der Waals surface area (Å²) in [6.07, 6.45) is 3.26. The summed E-state index contributed by atoms with van der Waals surface area (Å²) in [6.45, 7) is 6.11. The number of aromatic carboxylic acids is 1. The molecular formula is C16H21BrFNO2. The monoisotopic (exact) mass is 357 g/mol. The molecule has 0 radical (unpaired) electrons. The van der Waals surface area contributed by atoms with Crippen LogP contribution in [0.4, 0.5) is 10.1 Å². The maximum absolute atomic E-state index is 14.4. The highest BCUT2D eigenvalue weighted by atomic mass is 79.9. The minimum absolute atomic E-state index is 0.0360. The number of carboxylic acids is 1. The van der Waals surface area contributed by atoms with Gasteiger partial charge >= 0.3 is 5.97 Å². The van der Waals surface area contributed by atoms with Crippen LogP contribution >= 0.6 is 15.9 Å². The number of rotatable bonds is 3. The lowest BCUT2D eigenvalue weighted by Gasteiger charge is -2.24. The molecule has 1 aromatic rings. The quantitative estimate of drug-likeness (QED) is 0.862. The fourth-order valence-corrected chi connectivity index (χ4v) is 3.48. The van der Waals surface area contributed by atoms with Gasteiger partial charge in [-0.3, -0.25) is 0 Å². The number of carboxylic acid groups (broad SMARTS) is 1. The Morgan fingerprint density at radius 2 is 2.10 bits per heavy atom. The first-order valence-corrected chi connectivity index (χ1v) is 8.17. The van der Waals surface area contributed by atoms with Crippen LogP contribution in [-0.2, 0) is 0 Å². The Balaban J connectivity index is 2.22. The van der Waals surface area contributed by atoms with Crippen molar-refractivity contribution < 1.29 is 14.3 Å². The Kier molecular flexibility index (Phi) is 5.25. The summed E-state index contributed by atoms with van der Waals surface area (Å²) in [4.78, 5) is 13.1. The van der Waals surface area contributed by atoms with E-state index in [1.807, 2.05) is 4.90 Å². The van der Waals surface area contributed by atoms with Crippen LogP contribution in [0.25, 0.3) is 0 Å². The Hall–Kier alpha value is -1.10. The zero-order valence-electron chi connectivity index (χ0n) is 12.4. The second kappa shape index (κ2) is 6.77. The average molecular weight is 358 g/mol. The molecule has 1 aromatic carbocycles. The van der Waals surface area contributed by atoms with Crippen molar-refractivity contribution in [3.8, 4) is 0 Å². The van der Waals surface area contributed by atoms with E-state index in [4.69, 9.17) is 5.11 Å². The third kappa shape index (κ3) is 3.57. The topological polar surface area (TPSA) is 40.5 Å². The van der Waals surface area contributed by atoms with E-state index in [-0.39, 0.29) is 10.0 Å². The molecule has 0 saturated carbocycles. The number of nitrogens with zero attached hydrogens (tertiary/aromatic N) is 1. The van der Waals surface area contributed by atoms with E-state index in [0.29, 0.717) is 17.5 Å². The van der Waals surface area contributed by atoms with Crippen LogP contribution in [0.1, 0.15) is 43.5 Å². The van der Waals surface area contributed by atoms with Crippen LogP contribution in [0.3, 0.4) is 0 Å². The van der Waals surface area contributed by atoms with Crippen molar-refractivity contribution in [2.75, 3.05) is 18.0 Å². The minimum atomic E-state index is -1.12. The summed E-state index contributed by atoms with van der Waals surface area (Å²) in [7, 11) is 0. The smallest absolute Gasteiger partial charge is 0.336 e. The van der Waals surface area contributed by atoms with Crippen LogP contribution in [0.15, 0.2) is 16.6 Å². The SMILES string of the molecule is CC(C)C1CCCN(c2ccc(C(=O)O)c(Br)c2F)CC1. The van der Waals surface area contributed by atoms with Gasteiger partial charge in [0.25, 0.3) is 0 Å². The van der Waals surface area contributed by atoms with E-state index < -0.39 is 11.8 Å². The van der Waals surface area contributed by atoms with Crippen molar-refractivity contribution in [2.24, 2.45) is 11.8 Å². The van der Waals surface area contributed by atoms with Gasteiger partial charge in [0.05, 0.1) is 15.7 Å². The van der Waals surface area contributed by atoms with Gasteiger partial charge < -0.3 is 10.0 Å². The highest BCUT2D eigenvalue weighted by Crippen LogP contribution is 2.32. The lowest BCUT2D eigenvalue weighted by molar-refractivity contribution is 0.0695. The van der Waals surface area contributed by atoms with Crippen molar-refractivity contribution in [3.05, 3.63) is 28.0 Å². The molecule has 1 fully saturated rings. The number of benzene rings is 1. The molecule has 116 valence electrons. The Bertz CT molecular complexity index is 533. The standard InChI is InChI=1S/C16H21BrFNO2/c1-10(2)11-4-3-8-19(9-7-11)13-6-5-12(16(20)21)14(17)15(13)18/h5-6,10-11H,3-4,7-9H2,1-2H3,(H,20,21). The van der Waals surface area contributed by atoms with Crippen LogP contribution in [0, 0.1) is 17.7 Å². The molecule has 0 amide bonds. The fraction of sp³-hybridized carbons (Fsp3) is 0.562. The molecule has 1 atom stereocenters. The molecule has 2 rings (SSSR count). The molecule has 1 aliphatic heterocycles. The van der Waals surface area contributed by atoms with E-state index in [1.54, 1.807) is 6.07 Å². The summed E-state index contributed by atoms with van der Waals surface area (Å²) >= 11 is 3.07. The normalized spacial score (nSPS) is 19.7. The molecule has 0 aliphatic carbocycles. The molecule has 0 aromatic heterocycles. The maximum atomic E-state index is 14.4. The molecule has 1 heterocycles. The molecule has 0 spiro atoms. The van der Waals surface area contributed by atoms with E-state index in [0.717, 1.165) is 25.9 Å². The lowest BCUT2D eigenvalue weighted by Crippen LogP contribution is -2.26. The van der Waals surface area contributed by atoms with Gasteiger partial charge in [0.15, 0.2) is 5.82 Å². The van der Waals surface area contributed by atoms with Crippen LogP contribution in [0.2, 0.25) is 0 Å². The third-order valence-corrected chi connectivity index (χ3v) is 5.12. The van der Waals surface area contributed by atoms with Gasteiger partial charge in [-0.05, 0) is 59.2 Å². The van der Waals surface area contributed by atoms with E-state index in [2.05, 4.69) is 29.8 Å². The molecular weight excluding hydrogens is 337 g/mol. The number of hydrogen-bond donors (Lipinski definition) is 1. The molecule has 1 aliphatic rings. The number of carbonyl (C=O) groups is 1. The second-order valence-corrected chi connectivity index (χ2v) is 6.78. The summed E-state index contributed by atoms with van der Waals surface area (Å²) in [5, 5.41) is 9.02. The van der Waals surface area contributed by atoms with Gasteiger partial charge in [-0.25, -0.2) is 9.18 Å². The molecule has 3 nitrogen and oxygen atoms in total. The first kappa shape index (κ1) is 16.3. The third-order valence-electron chi connectivity index (χ3n) is 4.35. The average Bonchev–Trinajstić information content (AvgIpc) is 2.67. The van der Waals surface area contributed by atoms with E-state index >= 15 is 0 Å². The van der Waals surface area contributed by atoms with E-state index in [1.165, 1.54) is 12.5 Å². The Labute approximate surface area is 133 Å². The molecule has 1 N–H and O–H groups in total. The van der Waals surface area contributed by atoms with Gasteiger partial charge in [0.2, 0.25) is 0 Å². The number of hydrogen-bond acceptors (Lipinski definition) is 2. The zero-order valence-corrected chi connectivity index (χ0v) is 14.0. The van der Waals surface area contributed by atoms with Crippen molar-refractivity contribution in [1.29, 1.82) is 0 Å². The molecule has 21 heavy (non-hydrogen) atoms. The highest BCUT2D eigenvalue weighted by Gasteiger charge is 2.23. The molecule has 1 saturated heterocycles. The predicted octanol–water partition coefficient (Wildman–Crippen LogP) is 4.55. The van der Waals surface area contributed by atoms with Crippen LogP contribution in [-0.4, -0.2) is 24.2 Å². The van der Waals surface area contributed by atoms with Gasteiger partial charge in [-0.15, -0.1) is 0 Å².